The molecule has 0 fully saturated rings. The van der Waals surface area contributed by atoms with Crippen molar-refractivity contribution in [1.82, 2.24) is 24.7 Å². The highest BCUT2D eigenvalue weighted by atomic mass is 35.5. The van der Waals surface area contributed by atoms with Crippen LogP contribution in [0.15, 0.2) is 69.7 Å². The maximum Gasteiger partial charge on any atom is 0.358 e. The average Bonchev–Trinajstić information content (AvgIpc) is 3.56. The SMILES string of the molecule is COC(=O)c1ccn(CSc2nncn2/N=C\c2ccc(COc3ccccc3Cl)o2)n1. The number of hydrogen-bond donors (Lipinski definition) is 0. The van der Waals surface area contributed by atoms with Gasteiger partial charge in [0.1, 0.15) is 30.2 Å². The van der Waals surface area contributed by atoms with Gasteiger partial charge >= 0.3 is 5.97 Å². The van der Waals surface area contributed by atoms with Gasteiger partial charge in [0.25, 0.3) is 0 Å². The van der Waals surface area contributed by atoms with Crippen molar-refractivity contribution in [3.8, 4) is 5.75 Å². The molecule has 0 saturated carbocycles. The van der Waals surface area contributed by atoms with Crippen molar-refractivity contribution in [2.45, 2.75) is 17.6 Å². The van der Waals surface area contributed by atoms with E-state index in [1.54, 1.807) is 47.4 Å². The number of para-hydroxylation sites is 1. The molecule has 10 nitrogen and oxygen atoms in total. The highest BCUT2D eigenvalue weighted by molar-refractivity contribution is 7.98. The maximum absolute atomic E-state index is 11.5. The number of thioether (sulfide) groups is 1. The number of carbonyl (C=O) groups excluding carboxylic acids is 1. The van der Waals surface area contributed by atoms with Crippen LogP contribution in [0.1, 0.15) is 22.0 Å². The van der Waals surface area contributed by atoms with Crippen LogP contribution in [0.25, 0.3) is 0 Å². The van der Waals surface area contributed by atoms with Crippen molar-refractivity contribution in [2.75, 3.05) is 7.11 Å². The second-order valence-electron chi connectivity index (χ2n) is 6.23. The number of furan rings is 1. The van der Waals surface area contributed by atoms with Gasteiger partial charge in [0.2, 0.25) is 5.16 Å². The molecule has 3 aromatic heterocycles. The van der Waals surface area contributed by atoms with Crippen LogP contribution in [0, 0.1) is 0 Å². The van der Waals surface area contributed by atoms with E-state index in [-0.39, 0.29) is 12.3 Å². The summed E-state index contributed by atoms with van der Waals surface area (Å²) >= 11 is 7.43. The molecule has 0 aliphatic rings. The summed E-state index contributed by atoms with van der Waals surface area (Å²) in [7, 11) is 1.31. The molecule has 3 heterocycles. The minimum atomic E-state index is -0.489. The molecule has 1 aromatic carbocycles. The predicted octanol–water partition coefficient (Wildman–Crippen LogP) is 3.72. The van der Waals surface area contributed by atoms with Gasteiger partial charge in [0.15, 0.2) is 5.69 Å². The lowest BCUT2D eigenvalue weighted by atomic mass is 10.3. The Bertz CT molecular complexity index is 1230. The normalized spacial score (nSPS) is 11.2. The zero-order valence-electron chi connectivity index (χ0n) is 16.8. The summed E-state index contributed by atoms with van der Waals surface area (Å²) in [6, 6.07) is 12.4. The molecule has 32 heavy (non-hydrogen) atoms. The molecule has 0 unspecified atom stereocenters. The molecular weight excluding hydrogens is 456 g/mol. The number of esters is 1. The standard InChI is InChI=1S/C20H17ClN6O4S/c1-29-19(28)17-8-9-26(25-17)13-32-20-24-22-12-27(20)23-10-14-6-7-15(31-14)11-30-18-5-3-2-4-16(18)21/h2-10,12H,11,13H2,1H3/b23-10-. The summed E-state index contributed by atoms with van der Waals surface area (Å²) in [4.78, 5) is 11.5. The van der Waals surface area contributed by atoms with Crippen LogP contribution in [0.3, 0.4) is 0 Å². The Hall–Kier alpha value is -3.57. The van der Waals surface area contributed by atoms with Crippen LogP contribution in [-0.4, -0.2) is 43.9 Å². The molecule has 0 amide bonds. The molecule has 0 spiro atoms. The minimum absolute atomic E-state index is 0.236. The number of aromatic nitrogens is 5. The molecular formula is C20H17ClN6O4S. The first-order valence-electron chi connectivity index (χ1n) is 9.27. The van der Waals surface area contributed by atoms with Crippen LogP contribution in [-0.2, 0) is 17.2 Å². The summed E-state index contributed by atoms with van der Waals surface area (Å²) in [5, 5.41) is 17.5. The number of hydrogen-bond acceptors (Lipinski definition) is 9. The minimum Gasteiger partial charge on any atom is -0.484 e. The Balaban J connectivity index is 1.34. The summed E-state index contributed by atoms with van der Waals surface area (Å²) < 4.78 is 19.1. The van der Waals surface area contributed by atoms with Gasteiger partial charge in [-0.3, -0.25) is 4.68 Å². The Morgan fingerprint density at radius 3 is 3.00 bits per heavy atom. The van der Waals surface area contributed by atoms with Gasteiger partial charge in [0.05, 0.1) is 24.2 Å². The van der Waals surface area contributed by atoms with Crippen molar-refractivity contribution >= 4 is 35.5 Å². The number of carbonyl (C=O) groups is 1. The number of ether oxygens (including phenoxy) is 2. The molecule has 0 bridgehead atoms. The number of halogens is 1. The van der Waals surface area contributed by atoms with Gasteiger partial charge in [-0.1, -0.05) is 35.5 Å². The zero-order valence-corrected chi connectivity index (χ0v) is 18.4. The number of nitrogens with zero attached hydrogens (tertiary/aromatic N) is 6. The summed E-state index contributed by atoms with van der Waals surface area (Å²) in [6.45, 7) is 0.239. The molecule has 0 N–H and O–H groups in total. The molecule has 4 aromatic rings. The molecule has 0 saturated heterocycles. The summed E-state index contributed by atoms with van der Waals surface area (Å²) in [6.07, 6.45) is 4.71. The van der Waals surface area contributed by atoms with Crippen LogP contribution >= 0.6 is 23.4 Å². The third-order valence-electron chi connectivity index (χ3n) is 4.06. The Labute approximate surface area is 191 Å². The fourth-order valence-electron chi connectivity index (χ4n) is 2.54. The zero-order chi connectivity index (χ0) is 22.3. The third-order valence-corrected chi connectivity index (χ3v) is 5.29. The Morgan fingerprint density at radius 1 is 1.28 bits per heavy atom. The number of rotatable bonds is 9. The molecule has 4 rings (SSSR count). The van der Waals surface area contributed by atoms with E-state index in [0.29, 0.717) is 33.3 Å². The Kier molecular flexibility index (Phi) is 6.87. The van der Waals surface area contributed by atoms with E-state index in [4.69, 9.17) is 20.8 Å². The number of benzene rings is 1. The molecule has 0 aliphatic carbocycles. The van der Waals surface area contributed by atoms with Crippen molar-refractivity contribution < 1.29 is 18.7 Å². The van der Waals surface area contributed by atoms with E-state index in [0.717, 1.165) is 0 Å². The van der Waals surface area contributed by atoms with E-state index in [1.165, 1.54) is 29.9 Å². The van der Waals surface area contributed by atoms with Gasteiger partial charge in [-0.15, -0.1) is 10.2 Å². The third kappa shape index (κ3) is 5.37. The van der Waals surface area contributed by atoms with Gasteiger partial charge < -0.3 is 13.9 Å². The Morgan fingerprint density at radius 2 is 2.16 bits per heavy atom. The first-order valence-corrected chi connectivity index (χ1v) is 10.6. The van der Waals surface area contributed by atoms with Crippen LogP contribution < -0.4 is 4.74 Å². The topological polar surface area (TPSA) is 110 Å². The molecule has 0 aliphatic heterocycles. The fraction of sp³-hybridized carbons (Fsp3) is 0.150. The molecule has 0 atom stereocenters. The van der Waals surface area contributed by atoms with Gasteiger partial charge in [0, 0.05) is 6.20 Å². The van der Waals surface area contributed by atoms with Crippen molar-refractivity contribution in [3.05, 3.63) is 77.2 Å². The van der Waals surface area contributed by atoms with Gasteiger partial charge in [-0.25, -0.2) is 4.79 Å². The van der Waals surface area contributed by atoms with E-state index in [2.05, 4.69) is 25.1 Å². The van der Waals surface area contributed by atoms with Gasteiger partial charge in [-0.2, -0.15) is 14.9 Å². The quantitative estimate of drug-likeness (QED) is 0.206. The monoisotopic (exact) mass is 472 g/mol. The summed E-state index contributed by atoms with van der Waals surface area (Å²) in [5.74, 6) is 1.68. The lowest BCUT2D eigenvalue weighted by molar-refractivity contribution is 0.0593. The smallest absolute Gasteiger partial charge is 0.358 e. The molecule has 164 valence electrons. The lowest BCUT2D eigenvalue weighted by Gasteiger charge is -2.05. The lowest BCUT2D eigenvalue weighted by Crippen LogP contribution is -2.04. The molecule has 12 heteroatoms. The van der Waals surface area contributed by atoms with E-state index in [1.807, 2.05) is 12.1 Å². The van der Waals surface area contributed by atoms with Crippen molar-refractivity contribution in [3.63, 3.8) is 0 Å². The van der Waals surface area contributed by atoms with Crippen LogP contribution in [0.2, 0.25) is 5.02 Å². The van der Waals surface area contributed by atoms with Crippen molar-refractivity contribution in [1.29, 1.82) is 0 Å². The summed E-state index contributed by atoms with van der Waals surface area (Å²) in [5.41, 5.74) is 0.236. The van der Waals surface area contributed by atoms with E-state index >= 15 is 0 Å². The van der Waals surface area contributed by atoms with Gasteiger partial charge in [-0.05, 0) is 30.3 Å². The second kappa shape index (κ2) is 10.2. The van der Waals surface area contributed by atoms with E-state index in [9.17, 15) is 4.79 Å². The highest BCUT2D eigenvalue weighted by Crippen LogP contribution is 2.24. The average molecular weight is 473 g/mol. The molecule has 0 radical (unpaired) electrons. The predicted molar refractivity (Wildman–Crippen MR) is 117 cm³/mol. The maximum atomic E-state index is 11.5. The first-order chi connectivity index (χ1) is 15.6. The van der Waals surface area contributed by atoms with E-state index < -0.39 is 5.97 Å². The highest BCUT2D eigenvalue weighted by Gasteiger charge is 2.11. The second-order valence-corrected chi connectivity index (χ2v) is 7.55. The fourth-order valence-corrected chi connectivity index (χ4v) is 3.45. The first kappa shape index (κ1) is 21.7. The number of methoxy groups -OCH3 is 1. The van der Waals surface area contributed by atoms with Crippen LogP contribution in [0.4, 0.5) is 0 Å². The van der Waals surface area contributed by atoms with Crippen LogP contribution in [0.5, 0.6) is 5.75 Å². The largest absolute Gasteiger partial charge is 0.484 e. The van der Waals surface area contributed by atoms with Crippen molar-refractivity contribution in [2.24, 2.45) is 5.10 Å².